The molecule has 3 rings (SSSR count). The van der Waals surface area contributed by atoms with Gasteiger partial charge < -0.3 is 4.74 Å². The fourth-order valence-corrected chi connectivity index (χ4v) is 5.77. The molecule has 0 unspecified atom stereocenters. The highest BCUT2D eigenvalue weighted by Gasteiger charge is 2.34. The fourth-order valence-electron chi connectivity index (χ4n) is 2.20. The van der Waals surface area contributed by atoms with Crippen LogP contribution in [0.3, 0.4) is 0 Å². The van der Waals surface area contributed by atoms with Crippen LogP contribution in [-0.4, -0.2) is 37.3 Å². The Kier molecular flexibility index (Phi) is 3.82. The van der Waals surface area contributed by atoms with Gasteiger partial charge >= 0.3 is 5.97 Å². The topological polar surface area (TPSA) is 76.6 Å². The molecule has 0 spiro atoms. The molecule has 9 heteroatoms. The monoisotopic (exact) mass is 344 g/mol. The maximum Gasteiger partial charge on any atom is 0.358 e. The van der Waals surface area contributed by atoms with E-state index in [2.05, 4.69) is 9.72 Å². The van der Waals surface area contributed by atoms with Crippen LogP contribution in [-0.2, 0) is 27.7 Å². The van der Waals surface area contributed by atoms with E-state index in [0.29, 0.717) is 19.5 Å². The van der Waals surface area contributed by atoms with Gasteiger partial charge in [-0.05, 0) is 23.4 Å². The zero-order chi connectivity index (χ0) is 15.0. The van der Waals surface area contributed by atoms with E-state index < -0.39 is 16.0 Å². The molecule has 1 aliphatic heterocycles. The summed E-state index contributed by atoms with van der Waals surface area (Å²) in [6.07, 6.45) is 0.693. The molecule has 0 atom stereocenters. The van der Waals surface area contributed by atoms with Crippen molar-refractivity contribution in [3.8, 4) is 0 Å². The summed E-state index contributed by atoms with van der Waals surface area (Å²) >= 11 is 2.58. The Hall–Kier alpha value is -1.29. The van der Waals surface area contributed by atoms with Crippen LogP contribution in [0.2, 0.25) is 0 Å². The third-order valence-electron chi connectivity index (χ3n) is 3.26. The first-order valence-corrected chi connectivity index (χ1v) is 9.31. The number of aromatic nitrogens is 1. The summed E-state index contributed by atoms with van der Waals surface area (Å²) in [6, 6.07) is 1.94. The maximum atomic E-state index is 12.7. The molecule has 0 aliphatic carbocycles. The number of fused-ring (bicyclic) bond motifs is 1. The number of sulfonamides is 1. The second-order valence-electron chi connectivity index (χ2n) is 4.44. The Morgan fingerprint density at radius 2 is 2.24 bits per heavy atom. The van der Waals surface area contributed by atoms with Gasteiger partial charge in [0.2, 0.25) is 0 Å². The molecule has 0 saturated carbocycles. The second kappa shape index (κ2) is 5.48. The number of thiophene rings is 1. The van der Waals surface area contributed by atoms with Gasteiger partial charge in [-0.2, -0.15) is 4.31 Å². The Morgan fingerprint density at radius 3 is 3.00 bits per heavy atom. The number of ether oxygens (including phenoxy) is 1. The van der Waals surface area contributed by atoms with Gasteiger partial charge in [0.05, 0.1) is 12.6 Å². The van der Waals surface area contributed by atoms with Crippen molar-refractivity contribution in [2.24, 2.45) is 0 Å². The lowest BCUT2D eigenvalue weighted by atomic mass is 10.1. The number of hydrogen-bond donors (Lipinski definition) is 0. The number of rotatable bonds is 3. The molecule has 0 N–H and O–H groups in total. The Labute approximate surface area is 130 Å². The average molecular weight is 344 g/mol. The fraction of sp³-hybridized carbons (Fsp3) is 0.333. The van der Waals surface area contributed by atoms with Crippen molar-refractivity contribution in [1.29, 1.82) is 0 Å². The normalized spacial score (nSPS) is 15.7. The molecule has 0 aromatic carbocycles. The minimum absolute atomic E-state index is 0.0481. The van der Waals surface area contributed by atoms with Gasteiger partial charge in [0, 0.05) is 18.0 Å². The van der Waals surface area contributed by atoms with Gasteiger partial charge in [0.1, 0.15) is 0 Å². The SMILES string of the molecule is COC(=O)c1ncsc1S(=O)(=O)N1CCc2sccc2C1. The highest BCUT2D eigenvalue weighted by atomic mass is 32.2. The number of carbonyl (C=O) groups is 1. The molecule has 0 fully saturated rings. The molecule has 0 amide bonds. The van der Waals surface area contributed by atoms with Crippen LogP contribution in [0.5, 0.6) is 0 Å². The van der Waals surface area contributed by atoms with E-state index in [1.165, 1.54) is 21.8 Å². The Balaban J connectivity index is 1.95. The minimum atomic E-state index is -3.73. The van der Waals surface area contributed by atoms with E-state index in [1.807, 2.05) is 11.4 Å². The van der Waals surface area contributed by atoms with Gasteiger partial charge in [-0.25, -0.2) is 18.2 Å². The second-order valence-corrected chi connectivity index (χ2v) is 8.43. The zero-order valence-corrected chi connectivity index (χ0v) is 13.6. The van der Waals surface area contributed by atoms with Crippen molar-refractivity contribution in [2.45, 2.75) is 17.2 Å². The van der Waals surface area contributed by atoms with Crippen LogP contribution in [0.1, 0.15) is 20.9 Å². The number of thiazole rings is 1. The molecule has 2 aromatic heterocycles. The van der Waals surface area contributed by atoms with Crippen LogP contribution in [0.15, 0.2) is 21.2 Å². The molecule has 0 radical (unpaired) electrons. The summed E-state index contributed by atoms with van der Waals surface area (Å²) in [5.74, 6) is -0.733. The number of esters is 1. The van der Waals surface area contributed by atoms with Gasteiger partial charge in [-0.3, -0.25) is 0 Å². The van der Waals surface area contributed by atoms with E-state index in [4.69, 9.17) is 0 Å². The quantitative estimate of drug-likeness (QED) is 0.793. The van der Waals surface area contributed by atoms with E-state index in [1.54, 1.807) is 11.3 Å². The number of carbonyl (C=O) groups excluding carboxylic acids is 1. The van der Waals surface area contributed by atoms with Crippen LogP contribution < -0.4 is 0 Å². The van der Waals surface area contributed by atoms with Crippen LogP contribution in [0.25, 0.3) is 0 Å². The standard InChI is InChI=1S/C12H12N2O4S3/c1-18-11(15)10-12(20-7-13-10)21(16,17)14-4-2-9-8(6-14)3-5-19-9/h3,5,7H,2,4,6H2,1H3. The van der Waals surface area contributed by atoms with Crippen molar-refractivity contribution in [1.82, 2.24) is 9.29 Å². The van der Waals surface area contributed by atoms with E-state index in [-0.39, 0.29) is 9.90 Å². The van der Waals surface area contributed by atoms with Crippen LogP contribution in [0, 0.1) is 0 Å². The third-order valence-corrected chi connectivity index (χ3v) is 7.48. The van der Waals surface area contributed by atoms with Gasteiger partial charge in [-0.1, -0.05) is 0 Å². The summed E-state index contributed by atoms with van der Waals surface area (Å²) in [6.45, 7) is 0.744. The predicted octanol–water partition coefficient (Wildman–Crippen LogP) is 1.74. The lowest BCUT2D eigenvalue weighted by Gasteiger charge is -2.25. The Bertz CT molecular complexity index is 778. The molecule has 1 aliphatic rings. The molecule has 2 aromatic rings. The summed E-state index contributed by atoms with van der Waals surface area (Å²) in [4.78, 5) is 16.7. The highest BCUT2D eigenvalue weighted by molar-refractivity contribution is 7.91. The average Bonchev–Trinajstić information content (AvgIpc) is 3.14. The van der Waals surface area contributed by atoms with Crippen molar-refractivity contribution >= 4 is 38.7 Å². The molecule has 0 bridgehead atoms. The van der Waals surface area contributed by atoms with E-state index in [0.717, 1.165) is 16.9 Å². The molecule has 0 saturated heterocycles. The first kappa shape index (κ1) is 14.6. The summed E-state index contributed by atoms with van der Waals surface area (Å²) in [7, 11) is -2.53. The first-order chi connectivity index (χ1) is 10.0. The molecule has 112 valence electrons. The van der Waals surface area contributed by atoms with Gasteiger partial charge in [-0.15, -0.1) is 22.7 Å². The largest absolute Gasteiger partial charge is 0.464 e. The third kappa shape index (κ3) is 2.50. The molecule has 21 heavy (non-hydrogen) atoms. The summed E-state index contributed by atoms with van der Waals surface area (Å²) in [5.41, 5.74) is 2.23. The predicted molar refractivity (Wildman–Crippen MR) is 79.1 cm³/mol. The van der Waals surface area contributed by atoms with Crippen molar-refractivity contribution in [3.05, 3.63) is 33.1 Å². The van der Waals surface area contributed by atoms with Crippen LogP contribution >= 0.6 is 22.7 Å². The van der Waals surface area contributed by atoms with Gasteiger partial charge in [0.15, 0.2) is 9.90 Å². The molecule has 3 heterocycles. The number of hydrogen-bond acceptors (Lipinski definition) is 7. The summed E-state index contributed by atoms with van der Waals surface area (Å²) < 4.78 is 31.4. The lowest BCUT2D eigenvalue weighted by molar-refractivity contribution is 0.0590. The summed E-state index contributed by atoms with van der Waals surface area (Å²) in [5, 5.41) is 1.97. The number of methoxy groups -OCH3 is 1. The zero-order valence-electron chi connectivity index (χ0n) is 11.1. The number of nitrogens with zero attached hydrogens (tertiary/aromatic N) is 2. The molecular weight excluding hydrogens is 332 g/mol. The minimum Gasteiger partial charge on any atom is -0.464 e. The van der Waals surface area contributed by atoms with Crippen LogP contribution in [0.4, 0.5) is 0 Å². The van der Waals surface area contributed by atoms with Crippen molar-refractivity contribution in [3.63, 3.8) is 0 Å². The van der Waals surface area contributed by atoms with Crippen molar-refractivity contribution in [2.75, 3.05) is 13.7 Å². The molecular formula is C12H12N2O4S3. The lowest BCUT2D eigenvalue weighted by Crippen LogP contribution is -2.35. The van der Waals surface area contributed by atoms with Crippen molar-refractivity contribution < 1.29 is 17.9 Å². The smallest absolute Gasteiger partial charge is 0.358 e. The first-order valence-electron chi connectivity index (χ1n) is 6.11. The Morgan fingerprint density at radius 1 is 1.43 bits per heavy atom. The highest BCUT2D eigenvalue weighted by Crippen LogP contribution is 2.30. The van der Waals surface area contributed by atoms with E-state index >= 15 is 0 Å². The van der Waals surface area contributed by atoms with E-state index in [9.17, 15) is 13.2 Å². The molecule has 6 nitrogen and oxygen atoms in total. The van der Waals surface area contributed by atoms with Gasteiger partial charge in [0.25, 0.3) is 10.0 Å². The maximum absolute atomic E-state index is 12.7.